The van der Waals surface area contributed by atoms with Crippen molar-refractivity contribution >= 4 is 29.3 Å². The first-order chi connectivity index (χ1) is 30.5. The van der Waals surface area contributed by atoms with Gasteiger partial charge in [0.1, 0.15) is 6.04 Å². The average Bonchev–Trinajstić information content (AvgIpc) is 3.52. The van der Waals surface area contributed by atoms with Crippen molar-refractivity contribution < 1.29 is 80.8 Å². The molecule has 0 bridgehead atoms. The van der Waals surface area contributed by atoms with Crippen molar-refractivity contribution in [2.75, 3.05) is 184 Å². The second-order valence-electron chi connectivity index (χ2n) is 13.3. The summed E-state index contributed by atoms with van der Waals surface area (Å²) in [7, 11) is 0. The van der Waals surface area contributed by atoms with Gasteiger partial charge in [0.05, 0.1) is 183 Å². The SMILES string of the molecule is C=CCOCCOCCOCCOCCOCCOCCOCCOCCOCCOCCOCCOCCOCCNc1cccc2c1C(=O)N(C1CCC(=O)NC1=O)C2=O. The highest BCUT2D eigenvalue weighted by Crippen LogP contribution is 2.32. The van der Waals surface area contributed by atoms with E-state index in [0.29, 0.717) is 184 Å². The lowest BCUT2D eigenvalue weighted by atomic mass is 10.0. The second kappa shape index (κ2) is 35.9. The van der Waals surface area contributed by atoms with Crippen LogP contribution in [-0.4, -0.2) is 213 Å². The molecular weight excluding hydrogens is 818 g/mol. The van der Waals surface area contributed by atoms with Gasteiger partial charge in [-0.05, 0) is 18.6 Å². The van der Waals surface area contributed by atoms with Gasteiger partial charge in [0.2, 0.25) is 11.8 Å². The normalized spacial score (nSPS) is 15.1. The zero-order chi connectivity index (χ0) is 44.1. The lowest BCUT2D eigenvalue weighted by Crippen LogP contribution is -2.54. The fourth-order valence-electron chi connectivity index (χ4n) is 5.73. The van der Waals surface area contributed by atoms with Gasteiger partial charge in [-0.15, -0.1) is 6.58 Å². The van der Waals surface area contributed by atoms with Gasteiger partial charge < -0.3 is 66.9 Å². The Hall–Kier alpha value is -3.48. The molecule has 1 saturated heterocycles. The minimum Gasteiger partial charge on any atom is -0.382 e. The maximum absolute atomic E-state index is 13.2. The number of imide groups is 2. The van der Waals surface area contributed by atoms with E-state index in [-0.39, 0.29) is 24.0 Å². The van der Waals surface area contributed by atoms with E-state index >= 15 is 0 Å². The Balaban J connectivity index is 0.963. The first-order valence-electron chi connectivity index (χ1n) is 21.2. The molecule has 0 radical (unpaired) electrons. The van der Waals surface area contributed by atoms with Crippen LogP contribution in [0.15, 0.2) is 30.9 Å². The van der Waals surface area contributed by atoms with Crippen molar-refractivity contribution in [2.24, 2.45) is 0 Å². The smallest absolute Gasteiger partial charge is 0.264 e. The van der Waals surface area contributed by atoms with Gasteiger partial charge >= 0.3 is 0 Å². The number of nitrogens with zero attached hydrogens (tertiary/aromatic N) is 1. The summed E-state index contributed by atoms with van der Waals surface area (Å²) in [4.78, 5) is 50.9. The molecular formula is C42H67N3O17. The summed E-state index contributed by atoms with van der Waals surface area (Å²) >= 11 is 0. The van der Waals surface area contributed by atoms with E-state index < -0.39 is 29.7 Å². The number of carbonyl (C=O) groups excluding carboxylic acids is 4. The molecule has 1 fully saturated rings. The monoisotopic (exact) mass is 885 g/mol. The largest absolute Gasteiger partial charge is 0.382 e. The Kier molecular flexibility index (Phi) is 30.6. The summed E-state index contributed by atoms with van der Waals surface area (Å²) in [5.74, 6) is -2.18. The highest BCUT2D eigenvalue weighted by atomic mass is 16.6. The summed E-state index contributed by atoms with van der Waals surface area (Å²) in [6.07, 6.45) is 1.87. The van der Waals surface area contributed by atoms with Gasteiger partial charge in [-0.3, -0.25) is 29.4 Å². The van der Waals surface area contributed by atoms with Gasteiger partial charge in [-0.2, -0.15) is 0 Å². The molecule has 20 heteroatoms. The molecule has 2 aliphatic heterocycles. The number of ether oxygens (including phenoxy) is 13. The molecule has 0 aliphatic carbocycles. The molecule has 20 nitrogen and oxygen atoms in total. The predicted octanol–water partition coefficient (Wildman–Crippen LogP) is 0.902. The number of anilines is 1. The Morgan fingerprint density at radius 3 is 1.27 bits per heavy atom. The summed E-state index contributed by atoms with van der Waals surface area (Å²) in [5.41, 5.74) is 0.900. The third-order valence-corrected chi connectivity index (χ3v) is 8.73. The first kappa shape index (κ1) is 52.9. The van der Waals surface area contributed by atoms with E-state index in [4.69, 9.17) is 61.6 Å². The molecule has 0 saturated carbocycles. The predicted molar refractivity (Wildman–Crippen MR) is 222 cm³/mol. The molecule has 0 spiro atoms. The van der Waals surface area contributed by atoms with E-state index in [0.717, 1.165) is 4.90 Å². The second-order valence-corrected chi connectivity index (χ2v) is 13.3. The highest BCUT2D eigenvalue weighted by molar-refractivity contribution is 6.25. The number of piperidine rings is 1. The lowest BCUT2D eigenvalue weighted by molar-refractivity contribution is -0.136. The van der Waals surface area contributed by atoms with Crippen LogP contribution in [0.1, 0.15) is 33.6 Å². The van der Waals surface area contributed by atoms with Gasteiger partial charge in [-0.1, -0.05) is 12.1 Å². The summed E-state index contributed by atoms with van der Waals surface area (Å²) in [6.45, 7) is 16.2. The Morgan fingerprint density at radius 1 is 0.532 bits per heavy atom. The highest BCUT2D eigenvalue weighted by Gasteiger charge is 2.45. The zero-order valence-corrected chi connectivity index (χ0v) is 36.0. The lowest BCUT2D eigenvalue weighted by Gasteiger charge is -2.27. The van der Waals surface area contributed by atoms with Crippen LogP contribution < -0.4 is 10.6 Å². The number of hydrogen-bond acceptors (Lipinski definition) is 18. The topological polar surface area (TPSA) is 216 Å². The van der Waals surface area contributed by atoms with E-state index in [1.165, 1.54) is 0 Å². The van der Waals surface area contributed by atoms with Crippen LogP contribution in [0.25, 0.3) is 0 Å². The summed E-state index contributed by atoms with van der Waals surface area (Å²) < 4.78 is 71.1. The maximum Gasteiger partial charge on any atom is 0.264 e. The molecule has 352 valence electrons. The van der Waals surface area contributed by atoms with Crippen molar-refractivity contribution in [1.29, 1.82) is 0 Å². The zero-order valence-electron chi connectivity index (χ0n) is 36.0. The van der Waals surface area contributed by atoms with Crippen molar-refractivity contribution in [3.63, 3.8) is 0 Å². The number of fused-ring (bicyclic) bond motifs is 1. The molecule has 1 unspecified atom stereocenters. The number of rotatable bonds is 43. The molecule has 0 aromatic heterocycles. The van der Waals surface area contributed by atoms with E-state index in [1.807, 2.05) is 0 Å². The van der Waals surface area contributed by atoms with Crippen molar-refractivity contribution in [3.8, 4) is 0 Å². The van der Waals surface area contributed by atoms with Gasteiger partial charge in [-0.25, -0.2) is 0 Å². The quantitative estimate of drug-likeness (QED) is 0.0529. The van der Waals surface area contributed by atoms with Crippen LogP contribution in [0, 0.1) is 0 Å². The van der Waals surface area contributed by atoms with Crippen LogP contribution in [0.3, 0.4) is 0 Å². The molecule has 3 rings (SSSR count). The van der Waals surface area contributed by atoms with Crippen LogP contribution in [-0.2, 0) is 71.2 Å². The third kappa shape index (κ3) is 23.3. The van der Waals surface area contributed by atoms with E-state index in [1.54, 1.807) is 24.3 Å². The van der Waals surface area contributed by atoms with E-state index in [2.05, 4.69) is 17.2 Å². The van der Waals surface area contributed by atoms with Crippen molar-refractivity contribution in [2.45, 2.75) is 18.9 Å². The van der Waals surface area contributed by atoms with Gasteiger partial charge in [0.15, 0.2) is 0 Å². The Morgan fingerprint density at radius 2 is 0.903 bits per heavy atom. The molecule has 1 aromatic rings. The summed E-state index contributed by atoms with van der Waals surface area (Å²) in [6, 6.07) is 3.90. The average molecular weight is 886 g/mol. The van der Waals surface area contributed by atoms with Crippen LogP contribution in [0.4, 0.5) is 5.69 Å². The minimum atomic E-state index is -1.01. The molecule has 1 aromatic carbocycles. The standard InChI is InChI=1S/C42H67N3O17/c1-2-9-50-11-13-52-15-17-54-19-21-56-23-25-58-27-29-60-31-33-62-34-32-61-30-28-59-26-24-57-22-20-55-18-16-53-14-12-51-10-8-43-36-5-3-4-35-39(36)42(49)45(41(35)48)37-6-7-38(46)44-40(37)47/h2-5,37,43H,1,6-34H2,(H,44,46,47). The van der Waals surface area contributed by atoms with E-state index in [9.17, 15) is 19.2 Å². The fraction of sp³-hybridized carbons (Fsp3) is 0.714. The van der Waals surface area contributed by atoms with Gasteiger partial charge in [0, 0.05) is 18.7 Å². The van der Waals surface area contributed by atoms with Crippen LogP contribution >= 0.6 is 0 Å². The first-order valence-corrected chi connectivity index (χ1v) is 21.2. The maximum atomic E-state index is 13.2. The fourth-order valence-corrected chi connectivity index (χ4v) is 5.73. The van der Waals surface area contributed by atoms with Crippen molar-refractivity contribution in [1.82, 2.24) is 10.2 Å². The number of amides is 4. The van der Waals surface area contributed by atoms with Crippen LogP contribution in [0.2, 0.25) is 0 Å². The van der Waals surface area contributed by atoms with Crippen molar-refractivity contribution in [3.05, 3.63) is 42.0 Å². The molecule has 62 heavy (non-hydrogen) atoms. The molecule has 1 atom stereocenters. The Labute approximate surface area is 364 Å². The third-order valence-electron chi connectivity index (χ3n) is 8.73. The Bertz CT molecular complexity index is 1390. The molecule has 2 heterocycles. The molecule has 2 aliphatic rings. The minimum absolute atomic E-state index is 0.0633. The summed E-state index contributed by atoms with van der Waals surface area (Å²) in [5, 5.41) is 5.33. The van der Waals surface area contributed by atoms with Crippen LogP contribution in [0.5, 0.6) is 0 Å². The molecule has 4 amide bonds. The number of nitrogens with one attached hydrogen (secondary N) is 2. The number of benzene rings is 1. The number of hydrogen-bond donors (Lipinski definition) is 2. The van der Waals surface area contributed by atoms with Gasteiger partial charge in [0.25, 0.3) is 11.8 Å². The molecule has 2 N–H and O–H groups in total. The number of carbonyl (C=O) groups is 4.